The number of ether oxygens (including phenoxy) is 1. The van der Waals surface area contributed by atoms with Crippen molar-refractivity contribution >= 4 is 0 Å². The minimum absolute atomic E-state index is 0.287. The highest BCUT2D eigenvalue weighted by Gasteiger charge is 2.41. The average Bonchev–Trinajstić information content (AvgIpc) is 2.91. The second-order valence-corrected chi connectivity index (χ2v) is 7.50. The van der Waals surface area contributed by atoms with Crippen LogP contribution in [0.25, 0.3) is 0 Å². The van der Waals surface area contributed by atoms with Crippen LogP contribution in [0.3, 0.4) is 0 Å². The normalized spacial score (nSPS) is 30.3. The second-order valence-electron chi connectivity index (χ2n) is 7.50. The van der Waals surface area contributed by atoms with Crippen molar-refractivity contribution in [2.75, 3.05) is 26.2 Å². The number of piperidine rings is 1. The predicted molar refractivity (Wildman–Crippen MR) is 87.7 cm³/mol. The largest absolute Gasteiger partial charge is 0.370 e. The molecule has 3 rings (SSSR count). The highest BCUT2D eigenvalue weighted by molar-refractivity contribution is 4.92. The van der Waals surface area contributed by atoms with Crippen molar-refractivity contribution in [1.82, 2.24) is 10.2 Å². The van der Waals surface area contributed by atoms with Crippen LogP contribution in [0.2, 0.25) is 0 Å². The molecule has 0 bridgehead atoms. The summed E-state index contributed by atoms with van der Waals surface area (Å²) in [7, 11) is 0. The highest BCUT2D eigenvalue weighted by Crippen LogP contribution is 2.42. The van der Waals surface area contributed by atoms with Crippen LogP contribution < -0.4 is 5.32 Å². The molecule has 1 spiro atoms. The maximum Gasteiger partial charge on any atom is 0.0710 e. The molecule has 2 aliphatic heterocycles. The summed E-state index contributed by atoms with van der Waals surface area (Å²) in [6.07, 6.45) is 13.9. The van der Waals surface area contributed by atoms with Gasteiger partial charge in [-0.05, 0) is 64.6 Å². The van der Waals surface area contributed by atoms with E-state index in [1.807, 2.05) is 0 Å². The summed E-state index contributed by atoms with van der Waals surface area (Å²) in [5.74, 6) is 0. The molecule has 3 fully saturated rings. The van der Waals surface area contributed by atoms with Crippen LogP contribution in [-0.2, 0) is 4.74 Å². The summed E-state index contributed by atoms with van der Waals surface area (Å²) in [5, 5.41) is 3.49. The van der Waals surface area contributed by atoms with Gasteiger partial charge in [0.15, 0.2) is 0 Å². The fourth-order valence-corrected chi connectivity index (χ4v) is 4.73. The van der Waals surface area contributed by atoms with Crippen LogP contribution in [0.4, 0.5) is 0 Å². The first-order valence-electron chi connectivity index (χ1n) is 9.44. The Morgan fingerprint density at radius 3 is 2.52 bits per heavy atom. The molecule has 2 heterocycles. The first-order valence-corrected chi connectivity index (χ1v) is 9.44. The lowest BCUT2D eigenvalue weighted by molar-refractivity contribution is -0.0756. The van der Waals surface area contributed by atoms with Gasteiger partial charge in [0.1, 0.15) is 0 Å². The Bertz CT molecular complexity index is 308. The van der Waals surface area contributed by atoms with Crippen molar-refractivity contribution in [3.05, 3.63) is 0 Å². The van der Waals surface area contributed by atoms with E-state index in [-0.39, 0.29) is 5.60 Å². The van der Waals surface area contributed by atoms with Gasteiger partial charge in [-0.1, -0.05) is 26.2 Å². The third kappa shape index (κ3) is 4.00. The molecule has 3 heteroatoms. The van der Waals surface area contributed by atoms with Crippen LogP contribution in [0, 0.1) is 0 Å². The van der Waals surface area contributed by atoms with Crippen molar-refractivity contribution in [3.63, 3.8) is 0 Å². The molecule has 1 atom stereocenters. The smallest absolute Gasteiger partial charge is 0.0710 e. The minimum atomic E-state index is 0.287. The van der Waals surface area contributed by atoms with Gasteiger partial charge in [0.2, 0.25) is 0 Å². The van der Waals surface area contributed by atoms with Gasteiger partial charge >= 0.3 is 0 Å². The van der Waals surface area contributed by atoms with Crippen molar-refractivity contribution in [1.29, 1.82) is 0 Å². The van der Waals surface area contributed by atoms with Crippen LogP contribution in [-0.4, -0.2) is 48.8 Å². The summed E-state index contributed by atoms with van der Waals surface area (Å²) >= 11 is 0. The summed E-state index contributed by atoms with van der Waals surface area (Å²) in [5.41, 5.74) is 0.287. The third-order valence-corrected chi connectivity index (χ3v) is 5.88. The molecule has 21 heavy (non-hydrogen) atoms. The summed E-state index contributed by atoms with van der Waals surface area (Å²) in [6.45, 7) is 7.13. The van der Waals surface area contributed by atoms with E-state index < -0.39 is 0 Å². The van der Waals surface area contributed by atoms with Gasteiger partial charge in [0.25, 0.3) is 0 Å². The molecule has 1 N–H and O–H groups in total. The van der Waals surface area contributed by atoms with Crippen LogP contribution >= 0.6 is 0 Å². The molecule has 0 aromatic carbocycles. The van der Waals surface area contributed by atoms with E-state index in [1.54, 1.807) is 0 Å². The standard InChI is InChI=1S/C18H34N2O/c1-2-14-20(16-7-12-19-13-8-16)15-17-6-11-18(21-17)9-4-3-5-10-18/h16-17,19H,2-15H2,1H3. The summed E-state index contributed by atoms with van der Waals surface area (Å²) in [6, 6.07) is 0.790. The van der Waals surface area contributed by atoms with Crippen molar-refractivity contribution < 1.29 is 4.74 Å². The molecular formula is C18H34N2O. The van der Waals surface area contributed by atoms with Crippen LogP contribution in [0.15, 0.2) is 0 Å². The molecule has 3 aliphatic rings. The zero-order valence-corrected chi connectivity index (χ0v) is 13.9. The van der Waals surface area contributed by atoms with Crippen molar-refractivity contribution in [3.8, 4) is 0 Å². The molecule has 0 radical (unpaired) electrons. The average molecular weight is 294 g/mol. The Morgan fingerprint density at radius 1 is 1.05 bits per heavy atom. The zero-order chi connectivity index (χ0) is 14.5. The van der Waals surface area contributed by atoms with Crippen LogP contribution in [0.5, 0.6) is 0 Å². The van der Waals surface area contributed by atoms with E-state index in [0.29, 0.717) is 6.10 Å². The molecule has 0 aromatic heterocycles. The van der Waals surface area contributed by atoms with E-state index in [2.05, 4.69) is 17.1 Å². The predicted octanol–water partition coefficient (Wildman–Crippen LogP) is 3.33. The Hall–Kier alpha value is -0.120. The molecule has 2 saturated heterocycles. The number of nitrogens with zero attached hydrogens (tertiary/aromatic N) is 1. The van der Waals surface area contributed by atoms with Gasteiger partial charge in [-0.3, -0.25) is 4.90 Å². The fourth-order valence-electron chi connectivity index (χ4n) is 4.73. The molecule has 122 valence electrons. The minimum Gasteiger partial charge on any atom is -0.370 e. The zero-order valence-electron chi connectivity index (χ0n) is 13.9. The number of hydrogen-bond acceptors (Lipinski definition) is 3. The number of hydrogen-bond donors (Lipinski definition) is 1. The van der Waals surface area contributed by atoms with Gasteiger partial charge in [-0.15, -0.1) is 0 Å². The maximum atomic E-state index is 6.60. The van der Waals surface area contributed by atoms with E-state index >= 15 is 0 Å². The summed E-state index contributed by atoms with van der Waals surface area (Å²) in [4.78, 5) is 2.74. The molecule has 1 saturated carbocycles. The van der Waals surface area contributed by atoms with E-state index in [1.165, 1.54) is 90.4 Å². The number of nitrogens with one attached hydrogen (secondary N) is 1. The van der Waals surface area contributed by atoms with E-state index in [9.17, 15) is 0 Å². The Labute approximate surface area is 130 Å². The lowest BCUT2D eigenvalue weighted by Crippen LogP contribution is -2.46. The third-order valence-electron chi connectivity index (χ3n) is 5.88. The SMILES string of the molecule is CCCN(CC1CCC2(CCCCC2)O1)C1CCNCC1. The Kier molecular flexibility index (Phi) is 5.58. The van der Waals surface area contributed by atoms with Gasteiger partial charge < -0.3 is 10.1 Å². The quantitative estimate of drug-likeness (QED) is 0.842. The number of rotatable bonds is 5. The second kappa shape index (κ2) is 7.43. The first kappa shape index (κ1) is 15.8. The summed E-state index contributed by atoms with van der Waals surface area (Å²) < 4.78 is 6.60. The van der Waals surface area contributed by atoms with Gasteiger partial charge in [-0.2, -0.15) is 0 Å². The Balaban J connectivity index is 1.53. The van der Waals surface area contributed by atoms with Crippen LogP contribution in [0.1, 0.15) is 71.1 Å². The van der Waals surface area contributed by atoms with E-state index in [0.717, 1.165) is 6.04 Å². The fraction of sp³-hybridized carbons (Fsp3) is 1.00. The molecular weight excluding hydrogens is 260 g/mol. The van der Waals surface area contributed by atoms with E-state index in [4.69, 9.17) is 4.74 Å². The molecule has 3 nitrogen and oxygen atoms in total. The van der Waals surface area contributed by atoms with Crippen molar-refractivity contribution in [2.45, 2.75) is 88.9 Å². The molecule has 1 aliphatic carbocycles. The lowest BCUT2D eigenvalue weighted by Gasteiger charge is -2.37. The topological polar surface area (TPSA) is 24.5 Å². The first-order chi connectivity index (χ1) is 10.3. The van der Waals surface area contributed by atoms with Crippen molar-refractivity contribution in [2.24, 2.45) is 0 Å². The Morgan fingerprint density at radius 2 is 1.81 bits per heavy atom. The molecule has 0 aromatic rings. The van der Waals surface area contributed by atoms with Gasteiger partial charge in [0, 0.05) is 12.6 Å². The highest BCUT2D eigenvalue weighted by atomic mass is 16.5. The molecule has 1 unspecified atom stereocenters. The maximum absolute atomic E-state index is 6.60. The van der Waals surface area contributed by atoms with Gasteiger partial charge in [-0.25, -0.2) is 0 Å². The molecule has 0 amide bonds. The lowest BCUT2D eigenvalue weighted by atomic mass is 9.83. The van der Waals surface area contributed by atoms with Gasteiger partial charge in [0.05, 0.1) is 11.7 Å². The monoisotopic (exact) mass is 294 g/mol.